The van der Waals surface area contributed by atoms with Crippen molar-refractivity contribution in [2.24, 2.45) is 0 Å². The Hall–Kier alpha value is -4.22. The lowest BCUT2D eigenvalue weighted by Gasteiger charge is -2.15. The molecule has 1 heterocycles. The van der Waals surface area contributed by atoms with Crippen LogP contribution in [-0.4, -0.2) is 20.0 Å². The van der Waals surface area contributed by atoms with E-state index >= 15 is 0 Å². The normalized spacial score (nSPS) is 10.9. The maximum absolute atomic E-state index is 13.5. The van der Waals surface area contributed by atoms with Crippen molar-refractivity contribution in [1.82, 2.24) is 4.98 Å². The second kappa shape index (κ2) is 10.1. The van der Waals surface area contributed by atoms with Crippen LogP contribution in [0.25, 0.3) is 11.3 Å². The zero-order chi connectivity index (χ0) is 24.0. The third-order valence-corrected chi connectivity index (χ3v) is 6.38. The monoisotopic (exact) mass is 473 g/mol. The van der Waals surface area contributed by atoms with E-state index < -0.39 is 15.8 Å². The van der Waals surface area contributed by atoms with Crippen molar-refractivity contribution < 1.29 is 17.5 Å². The summed E-state index contributed by atoms with van der Waals surface area (Å²) in [7, 11) is -3.96. The first-order valence-corrected chi connectivity index (χ1v) is 11.9. The maximum atomic E-state index is 13.5. The summed E-state index contributed by atoms with van der Waals surface area (Å²) in [6.45, 7) is 0.268. The number of nitrogens with one attached hydrogen (secondary N) is 1. The standard InChI is InChI=1S/C26H20FN3O3S/c27-22-13-11-20(12-14-22)25-24(30-34(31,32)23-9-5-2-6-10-23)17-21(18-28)26(29-25)33-16-15-19-7-3-1-4-8-19/h1-14,17,30H,15-16H2. The van der Waals surface area contributed by atoms with Crippen LogP contribution in [0.4, 0.5) is 10.1 Å². The Morgan fingerprint density at radius 3 is 2.24 bits per heavy atom. The quantitative estimate of drug-likeness (QED) is 0.381. The molecular formula is C26H20FN3O3S. The van der Waals surface area contributed by atoms with Crippen LogP contribution in [0, 0.1) is 17.1 Å². The van der Waals surface area contributed by atoms with Gasteiger partial charge in [0.25, 0.3) is 10.0 Å². The molecule has 0 aliphatic rings. The minimum Gasteiger partial charge on any atom is -0.476 e. The lowest BCUT2D eigenvalue weighted by molar-refractivity contribution is 0.309. The fraction of sp³-hybridized carbons (Fsp3) is 0.0769. The number of anilines is 1. The highest BCUT2D eigenvalue weighted by Crippen LogP contribution is 2.33. The summed E-state index contributed by atoms with van der Waals surface area (Å²) in [5, 5.41) is 9.68. The summed E-state index contributed by atoms with van der Waals surface area (Å²) in [6.07, 6.45) is 0.599. The molecule has 0 aliphatic heterocycles. The van der Waals surface area contributed by atoms with Crippen molar-refractivity contribution in [3.63, 3.8) is 0 Å². The largest absolute Gasteiger partial charge is 0.476 e. The van der Waals surface area contributed by atoms with Crippen molar-refractivity contribution in [1.29, 1.82) is 5.26 Å². The van der Waals surface area contributed by atoms with Crippen LogP contribution >= 0.6 is 0 Å². The van der Waals surface area contributed by atoms with E-state index in [4.69, 9.17) is 4.74 Å². The molecule has 0 unspecified atom stereocenters. The molecule has 0 amide bonds. The fourth-order valence-electron chi connectivity index (χ4n) is 3.31. The third kappa shape index (κ3) is 5.39. The first-order chi connectivity index (χ1) is 16.5. The number of aromatic nitrogens is 1. The third-order valence-electron chi connectivity index (χ3n) is 5.00. The second-order valence-electron chi connectivity index (χ2n) is 7.36. The van der Waals surface area contributed by atoms with E-state index in [0.717, 1.165) is 5.56 Å². The Labute approximate surface area is 197 Å². The minimum atomic E-state index is -3.96. The minimum absolute atomic E-state index is 0.0572. The maximum Gasteiger partial charge on any atom is 0.261 e. The predicted octanol–water partition coefficient (Wildman–Crippen LogP) is 5.18. The first-order valence-electron chi connectivity index (χ1n) is 10.4. The van der Waals surface area contributed by atoms with Crippen molar-refractivity contribution in [2.75, 3.05) is 11.3 Å². The molecule has 8 heteroatoms. The molecule has 0 radical (unpaired) electrons. The number of hydrogen-bond donors (Lipinski definition) is 1. The molecule has 170 valence electrons. The van der Waals surface area contributed by atoms with E-state index in [9.17, 15) is 18.1 Å². The fourth-order valence-corrected chi connectivity index (χ4v) is 4.38. The molecule has 1 aromatic heterocycles. The average molecular weight is 474 g/mol. The summed E-state index contributed by atoms with van der Waals surface area (Å²) in [4.78, 5) is 4.52. The zero-order valence-corrected chi connectivity index (χ0v) is 18.8. The number of hydrogen-bond acceptors (Lipinski definition) is 5. The van der Waals surface area contributed by atoms with Crippen LogP contribution in [-0.2, 0) is 16.4 Å². The van der Waals surface area contributed by atoms with E-state index in [1.165, 1.54) is 42.5 Å². The smallest absolute Gasteiger partial charge is 0.261 e. The Kier molecular flexibility index (Phi) is 6.85. The van der Waals surface area contributed by atoms with Crippen LogP contribution in [0.5, 0.6) is 5.88 Å². The molecule has 3 aromatic carbocycles. The topological polar surface area (TPSA) is 92.1 Å². The molecule has 0 fully saturated rings. The lowest BCUT2D eigenvalue weighted by atomic mass is 10.1. The molecule has 1 N–H and O–H groups in total. The van der Waals surface area contributed by atoms with Gasteiger partial charge in [0, 0.05) is 12.0 Å². The Bertz CT molecular complexity index is 1420. The van der Waals surface area contributed by atoms with Crippen molar-refractivity contribution in [3.05, 3.63) is 108 Å². The van der Waals surface area contributed by atoms with E-state index in [0.29, 0.717) is 12.0 Å². The summed E-state index contributed by atoms with van der Waals surface area (Å²) >= 11 is 0. The summed E-state index contributed by atoms with van der Waals surface area (Å²) in [6, 6.07) is 26.4. The molecule has 6 nitrogen and oxygen atoms in total. The summed E-state index contributed by atoms with van der Waals surface area (Å²) < 4.78 is 47.7. The average Bonchev–Trinajstić information content (AvgIpc) is 2.86. The molecule has 0 aliphatic carbocycles. The van der Waals surface area contributed by atoms with Gasteiger partial charge in [0.1, 0.15) is 17.4 Å². The molecule has 0 saturated carbocycles. The van der Waals surface area contributed by atoms with Crippen molar-refractivity contribution >= 4 is 15.7 Å². The van der Waals surface area contributed by atoms with Gasteiger partial charge in [-0.2, -0.15) is 5.26 Å². The SMILES string of the molecule is N#Cc1cc(NS(=O)(=O)c2ccccc2)c(-c2ccc(F)cc2)nc1OCCc1ccccc1. The van der Waals surface area contributed by atoms with Gasteiger partial charge in [-0.15, -0.1) is 0 Å². The number of sulfonamides is 1. The molecular weight excluding hydrogens is 453 g/mol. The van der Waals surface area contributed by atoms with Gasteiger partial charge in [-0.05, 0) is 48.0 Å². The number of benzene rings is 3. The van der Waals surface area contributed by atoms with Crippen LogP contribution < -0.4 is 9.46 Å². The van der Waals surface area contributed by atoms with Crippen LogP contribution in [0.15, 0.2) is 95.9 Å². The number of nitriles is 1. The number of halogens is 1. The van der Waals surface area contributed by atoms with Gasteiger partial charge in [-0.25, -0.2) is 17.8 Å². The van der Waals surface area contributed by atoms with Crippen LogP contribution in [0.3, 0.4) is 0 Å². The number of rotatable bonds is 8. The first kappa shape index (κ1) is 23.0. The molecule has 0 bridgehead atoms. The predicted molar refractivity (Wildman–Crippen MR) is 127 cm³/mol. The number of nitrogens with zero attached hydrogens (tertiary/aromatic N) is 2. The Morgan fingerprint density at radius 1 is 0.941 bits per heavy atom. The van der Waals surface area contributed by atoms with Gasteiger partial charge < -0.3 is 4.74 Å². The van der Waals surface area contributed by atoms with Gasteiger partial charge in [0.15, 0.2) is 0 Å². The Balaban J connectivity index is 1.71. The van der Waals surface area contributed by atoms with E-state index in [2.05, 4.69) is 9.71 Å². The molecule has 34 heavy (non-hydrogen) atoms. The van der Waals surface area contributed by atoms with Gasteiger partial charge >= 0.3 is 0 Å². The lowest BCUT2D eigenvalue weighted by Crippen LogP contribution is -2.15. The van der Waals surface area contributed by atoms with E-state index in [1.807, 2.05) is 36.4 Å². The van der Waals surface area contributed by atoms with Gasteiger partial charge in [-0.3, -0.25) is 4.72 Å². The second-order valence-corrected chi connectivity index (χ2v) is 9.04. The number of pyridine rings is 1. The van der Waals surface area contributed by atoms with Gasteiger partial charge in [-0.1, -0.05) is 48.5 Å². The molecule has 0 atom stereocenters. The van der Waals surface area contributed by atoms with Gasteiger partial charge in [0.2, 0.25) is 5.88 Å². The Morgan fingerprint density at radius 2 is 1.59 bits per heavy atom. The highest BCUT2D eigenvalue weighted by molar-refractivity contribution is 7.92. The van der Waals surface area contributed by atoms with Crippen LogP contribution in [0.2, 0.25) is 0 Å². The summed E-state index contributed by atoms with van der Waals surface area (Å²) in [5.41, 5.74) is 1.90. The van der Waals surface area contributed by atoms with E-state index in [-0.39, 0.29) is 34.3 Å². The van der Waals surface area contributed by atoms with Crippen molar-refractivity contribution in [3.8, 4) is 23.2 Å². The molecule has 0 spiro atoms. The number of ether oxygens (including phenoxy) is 1. The van der Waals surface area contributed by atoms with Crippen molar-refractivity contribution in [2.45, 2.75) is 11.3 Å². The zero-order valence-electron chi connectivity index (χ0n) is 18.0. The molecule has 4 aromatic rings. The molecule has 0 saturated heterocycles. The summed E-state index contributed by atoms with van der Waals surface area (Å²) in [5.74, 6) is -0.372. The highest BCUT2D eigenvalue weighted by atomic mass is 32.2. The molecule has 4 rings (SSSR count). The van der Waals surface area contributed by atoms with Crippen LogP contribution in [0.1, 0.15) is 11.1 Å². The highest BCUT2D eigenvalue weighted by Gasteiger charge is 2.20. The van der Waals surface area contributed by atoms with Gasteiger partial charge in [0.05, 0.1) is 22.9 Å². The van der Waals surface area contributed by atoms with E-state index in [1.54, 1.807) is 18.2 Å².